The van der Waals surface area contributed by atoms with Gasteiger partial charge in [0, 0.05) is 19.6 Å². The molecule has 37 heavy (non-hydrogen) atoms. The molecule has 1 aliphatic rings. The maximum atomic E-state index is 13.1. The van der Waals surface area contributed by atoms with Gasteiger partial charge in [0.1, 0.15) is 5.75 Å². The third-order valence-electron chi connectivity index (χ3n) is 6.64. The molecule has 0 saturated heterocycles. The van der Waals surface area contributed by atoms with Gasteiger partial charge in [0.25, 0.3) is 0 Å². The lowest BCUT2D eigenvalue weighted by atomic mass is 9.98. The molecular weight excluding hydrogens is 475 g/mol. The van der Waals surface area contributed by atoms with Gasteiger partial charge < -0.3 is 4.74 Å². The molecule has 188 valence electrons. The number of benzene rings is 4. The number of nitrogens with zero attached hydrogens (tertiary/aromatic N) is 1. The molecule has 0 saturated carbocycles. The predicted octanol–water partition coefficient (Wildman–Crippen LogP) is 7.46. The van der Waals surface area contributed by atoms with E-state index in [2.05, 4.69) is 36.1 Å². The van der Waals surface area contributed by atoms with Crippen molar-refractivity contribution in [2.75, 3.05) is 6.54 Å². The fourth-order valence-corrected chi connectivity index (χ4v) is 4.77. The number of aryl methyl sites for hydroxylation is 1. The van der Waals surface area contributed by atoms with Crippen molar-refractivity contribution in [3.63, 3.8) is 0 Å². The Bertz CT molecular complexity index is 1430. The molecule has 0 bridgehead atoms. The van der Waals surface area contributed by atoms with Crippen LogP contribution < -0.4 is 4.74 Å². The molecule has 0 radical (unpaired) electrons. The zero-order valence-corrected chi connectivity index (χ0v) is 20.4. The Morgan fingerprint density at radius 1 is 0.892 bits per heavy atom. The Balaban J connectivity index is 1.30. The summed E-state index contributed by atoms with van der Waals surface area (Å²) in [4.78, 5) is 15.5. The van der Waals surface area contributed by atoms with Gasteiger partial charge in [0.15, 0.2) is 0 Å². The SMILES string of the molecule is Cc1cccc(CN2CCc3cc(OC(=O)c4ccccc4-c4ccc(C(F)(F)F)cc4)ccc3C2)c1. The summed E-state index contributed by atoms with van der Waals surface area (Å²) in [5.41, 5.74) is 5.51. The number of hydrogen-bond acceptors (Lipinski definition) is 3. The van der Waals surface area contributed by atoms with Crippen LogP contribution in [0.3, 0.4) is 0 Å². The normalized spacial score (nSPS) is 13.7. The first-order valence-corrected chi connectivity index (χ1v) is 12.1. The summed E-state index contributed by atoms with van der Waals surface area (Å²) >= 11 is 0. The smallest absolute Gasteiger partial charge is 0.416 e. The first-order chi connectivity index (χ1) is 17.8. The topological polar surface area (TPSA) is 29.5 Å². The van der Waals surface area contributed by atoms with Crippen molar-refractivity contribution in [1.29, 1.82) is 0 Å². The summed E-state index contributed by atoms with van der Waals surface area (Å²) < 4.78 is 44.6. The van der Waals surface area contributed by atoms with Gasteiger partial charge in [-0.2, -0.15) is 13.2 Å². The number of carbonyl (C=O) groups is 1. The number of fused-ring (bicyclic) bond motifs is 1. The quantitative estimate of drug-likeness (QED) is 0.210. The van der Waals surface area contributed by atoms with Crippen molar-refractivity contribution in [3.8, 4) is 16.9 Å². The molecule has 0 aromatic heterocycles. The van der Waals surface area contributed by atoms with E-state index in [1.54, 1.807) is 30.3 Å². The highest BCUT2D eigenvalue weighted by molar-refractivity contribution is 5.98. The highest BCUT2D eigenvalue weighted by Crippen LogP contribution is 2.32. The molecule has 0 atom stereocenters. The third-order valence-corrected chi connectivity index (χ3v) is 6.64. The molecule has 0 unspecified atom stereocenters. The van der Waals surface area contributed by atoms with Gasteiger partial charge in [0.2, 0.25) is 0 Å². The average molecular weight is 502 g/mol. The molecule has 3 nitrogen and oxygen atoms in total. The van der Waals surface area contributed by atoms with Crippen molar-refractivity contribution in [2.45, 2.75) is 32.6 Å². The van der Waals surface area contributed by atoms with E-state index < -0.39 is 17.7 Å². The molecule has 4 aromatic rings. The molecule has 0 N–H and O–H groups in total. The van der Waals surface area contributed by atoms with Crippen LogP contribution in [0.4, 0.5) is 13.2 Å². The second-order valence-corrected chi connectivity index (χ2v) is 9.39. The van der Waals surface area contributed by atoms with Crippen LogP contribution in [0.15, 0.2) is 91.0 Å². The van der Waals surface area contributed by atoms with Gasteiger partial charge in [-0.05, 0) is 71.5 Å². The summed E-state index contributed by atoms with van der Waals surface area (Å²) in [6.45, 7) is 4.72. The molecule has 5 rings (SSSR count). The molecule has 6 heteroatoms. The third kappa shape index (κ3) is 5.75. The molecule has 1 aliphatic heterocycles. The van der Waals surface area contributed by atoms with Gasteiger partial charge in [-0.25, -0.2) is 4.79 Å². The number of hydrogen-bond donors (Lipinski definition) is 0. The number of esters is 1. The molecule has 4 aromatic carbocycles. The van der Waals surface area contributed by atoms with E-state index in [1.165, 1.54) is 28.8 Å². The zero-order chi connectivity index (χ0) is 26.0. The maximum absolute atomic E-state index is 13.1. The Morgan fingerprint density at radius 2 is 1.68 bits per heavy atom. The van der Waals surface area contributed by atoms with Crippen LogP contribution in [0.25, 0.3) is 11.1 Å². The molecule has 0 fully saturated rings. The Morgan fingerprint density at radius 3 is 2.43 bits per heavy atom. The van der Waals surface area contributed by atoms with Gasteiger partial charge in [0.05, 0.1) is 11.1 Å². The van der Waals surface area contributed by atoms with Crippen LogP contribution in [-0.4, -0.2) is 17.4 Å². The van der Waals surface area contributed by atoms with Crippen molar-refractivity contribution in [1.82, 2.24) is 4.90 Å². The van der Waals surface area contributed by atoms with Crippen molar-refractivity contribution >= 4 is 5.97 Å². The molecule has 0 amide bonds. The lowest BCUT2D eigenvalue weighted by Gasteiger charge is -2.29. The Kier molecular flexibility index (Phi) is 6.85. The zero-order valence-electron chi connectivity index (χ0n) is 20.4. The van der Waals surface area contributed by atoms with E-state index in [9.17, 15) is 18.0 Å². The van der Waals surface area contributed by atoms with Crippen LogP contribution in [0.1, 0.15) is 38.2 Å². The standard InChI is InChI=1S/C31H26F3NO2/c1-21-5-4-6-22(17-21)19-35-16-15-24-18-27(14-11-25(24)20-35)37-30(36)29-8-3-2-7-28(29)23-9-12-26(13-10-23)31(32,33)34/h2-14,17-18H,15-16,19-20H2,1H3. The number of halogens is 3. The maximum Gasteiger partial charge on any atom is 0.416 e. The predicted molar refractivity (Wildman–Crippen MR) is 137 cm³/mol. The van der Waals surface area contributed by atoms with Crippen LogP contribution in [0.2, 0.25) is 0 Å². The average Bonchev–Trinajstić information content (AvgIpc) is 2.88. The number of alkyl halides is 3. The lowest BCUT2D eigenvalue weighted by Crippen LogP contribution is -2.30. The number of ether oxygens (including phenoxy) is 1. The number of rotatable bonds is 5. The minimum Gasteiger partial charge on any atom is -0.423 e. The van der Waals surface area contributed by atoms with E-state index >= 15 is 0 Å². The lowest BCUT2D eigenvalue weighted by molar-refractivity contribution is -0.137. The second kappa shape index (κ2) is 10.2. The molecular formula is C31H26F3NO2. The van der Waals surface area contributed by atoms with Crippen LogP contribution >= 0.6 is 0 Å². The summed E-state index contributed by atoms with van der Waals surface area (Å²) in [5, 5.41) is 0. The fourth-order valence-electron chi connectivity index (χ4n) is 4.77. The van der Waals surface area contributed by atoms with E-state index in [1.807, 2.05) is 12.1 Å². The Hall–Kier alpha value is -3.90. The van der Waals surface area contributed by atoms with E-state index in [4.69, 9.17) is 4.74 Å². The number of carbonyl (C=O) groups excluding carboxylic acids is 1. The van der Waals surface area contributed by atoms with Gasteiger partial charge in [-0.3, -0.25) is 4.90 Å². The minimum atomic E-state index is -4.42. The van der Waals surface area contributed by atoms with Crippen molar-refractivity contribution in [3.05, 3.63) is 124 Å². The monoisotopic (exact) mass is 501 g/mol. The second-order valence-electron chi connectivity index (χ2n) is 9.39. The Labute approximate surface area is 214 Å². The fraction of sp³-hybridized carbons (Fsp3) is 0.194. The first kappa shape index (κ1) is 24.8. The van der Waals surface area contributed by atoms with Crippen molar-refractivity contribution in [2.24, 2.45) is 0 Å². The largest absolute Gasteiger partial charge is 0.423 e. The van der Waals surface area contributed by atoms with E-state index in [0.717, 1.165) is 43.8 Å². The molecule has 0 aliphatic carbocycles. The van der Waals surface area contributed by atoms with Crippen LogP contribution in [0, 0.1) is 6.92 Å². The molecule has 0 spiro atoms. The van der Waals surface area contributed by atoms with E-state index in [0.29, 0.717) is 22.4 Å². The summed E-state index contributed by atoms with van der Waals surface area (Å²) in [7, 11) is 0. The summed E-state index contributed by atoms with van der Waals surface area (Å²) in [6, 6.07) is 25.8. The minimum absolute atomic E-state index is 0.296. The van der Waals surface area contributed by atoms with E-state index in [-0.39, 0.29) is 0 Å². The first-order valence-electron chi connectivity index (χ1n) is 12.1. The van der Waals surface area contributed by atoms with Gasteiger partial charge >= 0.3 is 12.1 Å². The summed E-state index contributed by atoms with van der Waals surface area (Å²) in [5.74, 6) is -0.0922. The van der Waals surface area contributed by atoms with Gasteiger partial charge in [-0.1, -0.05) is 66.2 Å². The highest BCUT2D eigenvalue weighted by atomic mass is 19.4. The highest BCUT2D eigenvalue weighted by Gasteiger charge is 2.30. The molecule has 1 heterocycles. The van der Waals surface area contributed by atoms with Crippen LogP contribution in [0.5, 0.6) is 5.75 Å². The summed E-state index contributed by atoms with van der Waals surface area (Å²) in [6.07, 6.45) is -3.56. The van der Waals surface area contributed by atoms with Crippen LogP contribution in [-0.2, 0) is 25.7 Å². The van der Waals surface area contributed by atoms with Crippen molar-refractivity contribution < 1.29 is 22.7 Å². The van der Waals surface area contributed by atoms with Gasteiger partial charge in [-0.15, -0.1) is 0 Å².